The van der Waals surface area contributed by atoms with Crippen molar-refractivity contribution in [3.63, 3.8) is 0 Å². The third kappa shape index (κ3) is 2.30. The smallest absolute Gasteiger partial charge is 0.0628 e. The largest absolute Gasteiger partial charge is 0.393 e. The lowest BCUT2D eigenvalue weighted by Gasteiger charge is -2.33. The maximum atomic E-state index is 10.5. The van der Waals surface area contributed by atoms with E-state index in [2.05, 4.69) is 33.8 Å². The normalized spacial score (nSPS) is 48.8. The Hall–Kier alpha value is -0.340. The molecule has 0 bridgehead atoms. The van der Waals surface area contributed by atoms with E-state index < -0.39 is 0 Å². The van der Waals surface area contributed by atoms with Gasteiger partial charge in [-0.2, -0.15) is 0 Å². The Kier molecular flexibility index (Phi) is 3.16. The molecule has 2 heteroatoms. The summed E-state index contributed by atoms with van der Waals surface area (Å²) in [6.07, 6.45) is 5.39. The monoisotopic (exact) mass is 238 g/mol. The van der Waals surface area contributed by atoms with E-state index in [1.165, 1.54) is 5.57 Å². The fraction of sp³-hybridized carbons (Fsp3) is 0.867. The minimum atomic E-state index is -0.302. The van der Waals surface area contributed by atoms with Crippen LogP contribution in [0.1, 0.15) is 53.4 Å². The number of allylic oxidation sites excluding steroid dienone is 2. The van der Waals surface area contributed by atoms with Crippen LogP contribution in [0.4, 0.5) is 0 Å². The molecule has 0 amide bonds. The summed E-state index contributed by atoms with van der Waals surface area (Å²) in [7, 11) is 0. The molecule has 0 spiro atoms. The van der Waals surface area contributed by atoms with E-state index in [1.54, 1.807) is 0 Å². The molecule has 0 radical (unpaired) electrons. The van der Waals surface area contributed by atoms with Crippen molar-refractivity contribution in [2.75, 3.05) is 0 Å². The third-order valence-corrected chi connectivity index (χ3v) is 5.08. The molecule has 98 valence electrons. The average Bonchev–Trinajstić information content (AvgIpc) is 2.95. The van der Waals surface area contributed by atoms with Crippen LogP contribution in [0.5, 0.6) is 0 Å². The highest BCUT2D eigenvalue weighted by molar-refractivity contribution is 5.12. The van der Waals surface area contributed by atoms with E-state index in [-0.39, 0.29) is 29.0 Å². The van der Waals surface area contributed by atoms with Gasteiger partial charge in [-0.3, -0.25) is 0 Å². The highest BCUT2D eigenvalue weighted by atomic mass is 16.3. The lowest BCUT2D eigenvalue weighted by molar-refractivity contribution is -0.000852. The summed E-state index contributed by atoms with van der Waals surface area (Å²) in [4.78, 5) is 0. The number of aliphatic hydroxyl groups is 2. The lowest BCUT2D eigenvalue weighted by Crippen LogP contribution is -2.35. The van der Waals surface area contributed by atoms with Gasteiger partial charge in [0.05, 0.1) is 12.2 Å². The molecule has 1 fully saturated rings. The van der Waals surface area contributed by atoms with Gasteiger partial charge in [0.1, 0.15) is 0 Å². The van der Waals surface area contributed by atoms with Crippen LogP contribution in [0, 0.1) is 16.7 Å². The number of fused-ring (bicyclic) bond motifs is 1. The van der Waals surface area contributed by atoms with Crippen molar-refractivity contribution in [3.8, 4) is 0 Å². The molecule has 2 aliphatic carbocycles. The third-order valence-electron chi connectivity index (χ3n) is 5.08. The SMILES string of the molecule is C/C1=C/CC(C)(C)C(O)C2CC2(C)C(O)CC1. The van der Waals surface area contributed by atoms with Crippen LogP contribution in [0.2, 0.25) is 0 Å². The Morgan fingerprint density at radius 2 is 1.88 bits per heavy atom. The quantitative estimate of drug-likeness (QED) is 0.637. The Balaban J connectivity index is 2.24. The average molecular weight is 238 g/mol. The molecule has 0 aliphatic heterocycles. The molecule has 0 aromatic heterocycles. The van der Waals surface area contributed by atoms with Crippen LogP contribution >= 0.6 is 0 Å². The van der Waals surface area contributed by atoms with Crippen molar-refractivity contribution in [2.45, 2.75) is 65.6 Å². The van der Waals surface area contributed by atoms with Crippen LogP contribution in [0.25, 0.3) is 0 Å². The molecule has 0 heterocycles. The predicted octanol–water partition coefficient (Wildman–Crippen LogP) is 2.89. The van der Waals surface area contributed by atoms with Gasteiger partial charge in [-0.15, -0.1) is 0 Å². The number of hydrogen-bond donors (Lipinski definition) is 2. The zero-order chi connectivity index (χ0) is 12.8. The summed E-state index contributed by atoms with van der Waals surface area (Å²) in [6.45, 7) is 8.52. The van der Waals surface area contributed by atoms with Crippen molar-refractivity contribution in [3.05, 3.63) is 11.6 Å². The second kappa shape index (κ2) is 4.10. The fourth-order valence-corrected chi connectivity index (χ4v) is 3.17. The van der Waals surface area contributed by atoms with Gasteiger partial charge in [0, 0.05) is 0 Å². The number of hydrogen-bond acceptors (Lipinski definition) is 2. The van der Waals surface area contributed by atoms with Crippen LogP contribution < -0.4 is 0 Å². The Morgan fingerprint density at radius 3 is 2.53 bits per heavy atom. The van der Waals surface area contributed by atoms with Crippen molar-refractivity contribution in [1.82, 2.24) is 0 Å². The molecule has 17 heavy (non-hydrogen) atoms. The summed E-state index contributed by atoms with van der Waals surface area (Å²) in [5, 5.41) is 20.8. The first-order chi connectivity index (χ1) is 7.77. The van der Waals surface area contributed by atoms with Gasteiger partial charge in [-0.05, 0) is 49.4 Å². The van der Waals surface area contributed by atoms with Gasteiger partial charge in [-0.25, -0.2) is 0 Å². The molecule has 2 aliphatic rings. The van der Waals surface area contributed by atoms with E-state index in [0.717, 1.165) is 25.7 Å². The summed E-state index contributed by atoms with van der Waals surface area (Å²) in [5.41, 5.74) is 1.21. The maximum absolute atomic E-state index is 10.5. The standard InChI is InChI=1S/C15H26O2/c1-10-5-6-12(16)15(4)9-11(15)13(17)14(2,3)8-7-10/h7,11-13,16-17H,5-6,8-9H2,1-4H3/b10-7-. The predicted molar refractivity (Wildman–Crippen MR) is 69.6 cm³/mol. The molecule has 0 aromatic carbocycles. The summed E-state index contributed by atoms with van der Waals surface area (Å²) in [5.74, 6) is 0.277. The van der Waals surface area contributed by atoms with Gasteiger partial charge in [0.25, 0.3) is 0 Å². The molecule has 2 nitrogen and oxygen atoms in total. The molecule has 4 unspecified atom stereocenters. The molecule has 2 N–H and O–H groups in total. The minimum Gasteiger partial charge on any atom is -0.393 e. The molecule has 4 atom stereocenters. The fourth-order valence-electron chi connectivity index (χ4n) is 3.17. The van der Waals surface area contributed by atoms with Gasteiger partial charge in [-0.1, -0.05) is 32.4 Å². The van der Waals surface area contributed by atoms with Crippen molar-refractivity contribution in [2.24, 2.45) is 16.7 Å². The molecule has 2 rings (SSSR count). The maximum Gasteiger partial charge on any atom is 0.0628 e. The number of rotatable bonds is 0. The molecule has 1 saturated carbocycles. The lowest BCUT2D eigenvalue weighted by atomic mass is 9.76. The summed E-state index contributed by atoms with van der Waals surface area (Å²) < 4.78 is 0. The van der Waals surface area contributed by atoms with Crippen LogP contribution in [0.3, 0.4) is 0 Å². The Bertz CT molecular complexity index is 332. The zero-order valence-corrected chi connectivity index (χ0v) is 11.5. The highest BCUT2D eigenvalue weighted by Crippen LogP contribution is 2.60. The first kappa shape index (κ1) is 13.1. The first-order valence-corrected chi connectivity index (χ1v) is 6.79. The van der Waals surface area contributed by atoms with E-state index in [0.29, 0.717) is 0 Å². The van der Waals surface area contributed by atoms with Gasteiger partial charge in [0.15, 0.2) is 0 Å². The Labute approximate surface area is 105 Å². The van der Waals surface area contributed by atoms with E-state index in [1.807, 2.05) is 0 Å². The topological polar surface area (TPSA) is 40.5 Å². The van der Waals surface area contributed by atoms with Crippen molar-refractivity contribution in [1.29, 1.82) is 0 Å². The second-order valence-corrected chi connectivity index (χ2v) is 7.06. The Morgan fingerprint density at radius 1 is 1.24 bits per heavy atom. The van der Waals surface area contributed by atoms with E-state index in [4.69, 9.17) is 0 Å². The second-order valence-electron chi connectivity index (χ2n) is 7.06. The van der Waals surface area contributed by atoms with Crippen LogP contribution in [0.15, 0.2) is 11.6 Å². The van der Waals surface area contributed by atoms with Crippen molar-refractivity contribution >= 4 is 0 Å². The minimum absolute atomic E-state index is 0.0473. The summed E-state index contributed by atoms with van der Waals surface area (Å²) >= 11 is 0. The first-order valence-electron chi connectivity index (χ1n) is 6.79. The number of aliphatic hydroxyl groups excluding tert-OH is 2. The zero-order valence-electron chi connectivity index (χ0n) is 11.5. The molecule has 0 saturated heterocycles. The van der Waals surface area contributed by atoms with Gasteiger partial charge in [0.2, 0.25) is 0 Å². The van der Waals surface area contributed by atoms with Crippen LogP contribution in [-0.4, -0.2) is 22.4 Å². The highest BCUT2D eigenvalue weighted by Gasteiger charge is 2.60. The van der Waals surface area contributed by atoms with Crippen LogP contribution in [-0.2, 0) is 0 Å². The van der Waals surface area contributed by atoms with E-state index >= 15 is 0 Å². The summed E-state index contributed by atoms with van der Waals surface area (Å²) in [6, 6.07) is 0. The van der Waals surface area contributed by atoms with Gasteiger partial charge >= 0.3 is 0 Å². The van der Waals surface area contributed by atoms with Crippen molar-refractivity contribution < 1.29 is 10.2 Å². The van der Waals surface area contributed by atoms with Gasteiger partial charge < -0.3 is 10.2 Å². The molecular weight excluding hydrogens is 212 g/mol. The molecule has 0 aromatic rings. The molecular formula is C15H26O2. The van der Waals surface area contributed by atoms with E-state index in [9.17, 15) is 10.2 Å².